The first-order chi connectivity index (χ1) is 11.4. The Labute approximate surface area is 137 Å². The first-order valence-electron chi connectivity index (χ1n) is 7.52. The number of carbonyl (C=O) groups is 1. The molecule has 0 unspecified atom stereocenters. The van der Waals surface area contributed by atoms with Gasteiger partial charge in [0.25, 0.3) is 0 Å². The number of hydrogen-bond donors (Lipinski definition) is 3. The molecule has 0 bridgehead atoms. The summed E-state index contributed by atoms with van der Waals surface area (Å²) in [7, 11) is 0. The predicted octanol–water partition coefficient (Wildman–Crippen LogP) is -0.773. The van der Waals surface area contributed by atoms with Crippen molar-refractivity contribution in [2.45, 2.75) is 38.4 Å². The Bertz CT molecular complexity index is 748. The molecule has 1 saturated heterocycles. The zero-order chi connectivity index (χ0) is 17.4. The van der Waals surface area contributed by atoms with Crippen LogP contribution in [-0.4, -0.2) is 60.6 Å². The zero-order valence-corrected chi connectivity index (χ0v) is 13.2. The highest BCUT2D eigenvalue weighted by molar-refractivity contribution is 5.81. The van der Waals surface area contributed by atoms with Gasteiger partial charge < -0.3 is 25.4 Å². The van der Waals surface area contributed by atoms with Gasteiger partial charge >= 0.3 is 5.97 Å². The highest BCUT2D eigenvalue weighted by Gasteiger charge is 2.47. The van der Waals surface area contributed by atoms with Crippen LogP contribution in [0, 0.1) is 5.92 Å². The van der Waals surface area contributed by atoms with E-state index in [-0.39, 0.29) is 11.7 Å². The van der Waals surface area contributed by atoms with Crippen molar-refractivity contribution < 1.29 is 24.5 Å². The van der Waals surface area contributed by atoms with Crippen molar-refractivity contribution in [3.05, 3.63) is 12.7 Å². The van der Waals surface area contributed by atoms with E-state index >= 15 is 0 Å². The van der Waals surface area contributed by atoms with Crippen LogP contribution in [0.5, 0.6) is 0 Å². The van der Waals surface area contributed by atoms with Crippen molar-refractivity contribution in [1.29, 1.82) is 0 Å². The Morgan fingerprint density at radius 2 is 2.21 bits per heavy atom. The molecular formula is C14H19N5O5. The van der Waals surface area contributed by atoms with E-state index in [0.29, 0.717) is 11.2 Å². The lowest BCUT2D eigenvalue weighted by Gasteiger charge is -2.20. The van der Waals surface area contributed by atoms with Gasteiger partial charge in [0.1, 0.15) is 24.1 Å². The van der Waals surface area contributed by atoms with Crippen LogP contribution < -0.4 is 5.73 Å². The minimum Gasteiger partial charge on any atom is -0.456 e. The van der Waals surface area contributed by atoms with E-state index in [9.17, 15) is 15.0 Å². The van der Waals surface area contributed by atoms with Crippen LogP contribution in [0.3, 0.4) is 0 Å². The summed E-state index contributed by atoms with van der Waals surface area (Å²) in [6, 6.07) is 0. The van der Waals surface area contributed by atoms with Crippen LogP contribution in [-0.2, 0) is 14.3 Å². The summed E-state index contributed by atoms with van der Waals surface area (Å²) in [6.45, 7) is 2.95. The Balaban J connectivity index is 1.91. The molecule has 0 aromatic carbocycles. The van der Waals surface area contributed by atoms with E-state index in [0.717, 1.165) is 0 Å². The minimum absolute atomic E-state index is 0.202. The number of aliphatic hydroxyl groups is 2. The fourth-order valence-corrected chi connectivity index (χ4v) is 2.57. The molecule has 24 heavy (non-hydrogen) atoms. The standard InChI is InChI=1S/C14H19N5O5/c1-6(2)14(22)24-10-7(3-20)23-13(9(10)21)19-5-18-8-11(15)16-4-17-12(8)19/h4-7,9-10,13,20-21H,3H2,1-2H3,(H2,15,16,17)/t7-,9+,10-,13-/m1/s1. The second kappa shape index (κ2) is 6.30. The molecule has 130 valence electrons. The summed E-state index contributed by atoms with van der Waals surface area (Å²) < 4.78 is 12.4. The molecule has 0 amide bonds. The lowest BCUT2D eigenvalue weighted by molar-refractivity contribution is -0.160. The number of aliphatic hydroxyl groups excluding tert-OH is 2. The van der Waals surface area contributed by atoms with Gasteiger partial charge in [0, 0.05) is 0 Å². The van der Waals surface area contributed by atoms with E-state index in [4.69, 9.17) is 15.2 Å². The molecule has 0 radical (unpaired) electrons. The van der Waals surface area contributed by atoms with Gasteiger partial charge in [-0.1, -0.05) is 13.8 Å². The number of hydrogen-bond acceptors (Lipinski definition) is 9. The Morgan fingerprint density at radius 3 is 2.88 bits per heavy atom. The van der Waals surface area contributed by atoms with Gasteiger partial charge in [0.2, 0.25) is 0 Å². The summed E-state index contributed by atoms with van der Waals surface area (Å²) in [6.07, 6.45) is -1.29. The summed E-state index contributed by atoms with van der Waals surface area (Å²) >= 11 is 0. The van der Waals surface area contributed by atoms with Gasteiger partial charge in [-0.3, -0.25) is 9.36 Å². The molecule has 1 aliphatic rings. The molecule has 10 nitrogen and oxygen atoms in total. The molecule has 1 aliphatic heterocycles. The van der Waals surface area contributed by atoms with Crippen molar-refractivity contribution in [2.75, 3.05) is 12.3 Å². The smallest absolute Gasteiger partial charge is 0.308 e. The number of esters is 1. The van der Waals surface area contributed by atoms with Crippen molar-refractivity contribution in [1.82, 2.24) is 19.5 Å². The lowest BCUT2D eigenvalue weighted by atomic mass is 10.1. The highest BCUT2D eigenvalue weighted by atomic mass is 16.6. The average Bonchev–Trinajstić information content (AvgIpc) is 3.10. The third-order valence-corrected chi connectivity index (χ3v) is 3.87. The van der Waals surface area contributed by atoms with Gasteiger partial charge in [-0.2, -0.15) is 0 Å². The quantitative estimate of drug-likeness (QED) is 0.612. The molecule has 3 rings (SSSR count). The van der Waals surface area contributed by atoms with E-state index in [1.165, 1.54) is 17.2 Å². The number of fused-ring (bicyclic) bond motifs is 1. The van der Waals surface area contributed by atoms with Gasteiger partial charge in [0.15, 0.2) is 23.8 Å². The number of nitrogen functional groups attached to an aromatic ring is 1. The van der Waals surface area contributed by atoms with Crippen molar-refractivity contribution in [2.24, 2.45) is 5.92 Å². The van der Waals surface area contributed by atoms with Gasteiger partial charge in [0.05, 0.1) is 18.9 Å². The SMILES string of the molecule is CC(C)C(=O)O[C@H]1[C@H](O)[C@H](n2cnc3c(N)ncnc32)O[C@@H]1CO. The van der Waals surface area contributed by atoms with Crippen LogP contribution in [0.1, 0.15) is 20.1 Å². The normalized spacial score (nSPS) is 27.0. The molecule has 4 atom stereocenters. The molecule has 3 heterocycles. The first-order valence-corrected chi connectivity index (χ1v) is 7.52. The Morgan fingerprint density at radius 1 is 1.46 bits per heavy atom. The van der Waals surface area contributed by atoms with Crippen LogP contribution in [0.4, 0.5) is 5.82 Å². The van der Waals surface area contributed by atoms with Crippen LogP contribution in [0.2, 0.25) is 0 Å². The Hall–Kier alpha value is -2.30. The van der Waals surface area contributed by atoms with Gasteiger partial charge in [-0.05, 0) is 0 Å². The third-order valence-electron chi connectivity index (χ3n) is 3.87. The molecule has 4 N–H and O–H groups in total. The van der Waals surface area contributed by atoms with Crippen LogP contribution in [0.15, 0.2) is 12.7 Å². The first kappa shape index (κ1) is 16.6. The number of rotatable bonds is 4. The average molecular weight is 337 g/mol. The summed E-state index contributed by atoms with van der Waals surface area (Å²) in [5.74, 6) is -0.645. The summed E-state index contributed by atoms with van der Waals surface area (Å²) in [4.78, 5) is 23.9. The highest BCUT2D eigenvalue weighted by Crippen LogP contribution is 2.33. The molecule has 0 saturated carbocycles. The number of anilines is 1. The van der Waals surface area contributed by atoms with Crippen molar-refractivity contribution >= 4 is 23.0 Å². The number of nitrogens with two attached hydrogens (primary N) is 1. The molecular weight excluding hydrogens is 318 g/mol. The Kier molecular flexibility index (Phi) is 4.35. The third kappa shape index (κ3) is 2.68. The summed E-state index contributed by atoms with van der Waals surface area (Å²) in [5, 5.41) is 20.0. The molecule has 0 spiro atoms. The largest absolute Gasteiger partial charge is 0.456 e. The van der Waals surface area contributed by atoms with E-state index < -0.39 is 37.1 Å². The maximum Gasteiger partial charge on any atom is 0.308 e. The van der Waals surface area contributed by atoms with Crippen LogP contribution >= 0.6 is 0 Å². The monoisotopic (exact) mass is 337 g/mol. The molecule has 10 heteroatoms. The van der Waals surface area contributed by atoms with E-state index in [1.54, 1.807) is 13.8 Å². The number of carbonyl (C=O) groups excluding carboxylic acids is 1. The zero-order valence-electron chi connectivity index (χ0n) is 13.2. The maximum absolute atomic E-state index is 11.8. The lowest BCUT2D eigenvalue weighted by Crippen LogP contribution is -2.38. The van der Waals surface area contributed by atoms with E-state index in [1.807, 2.05) is 0 Å². The fourth-order valence-electron chi connectivity index (χ4n) is 2.57. The topological polar surface area (TPSA) is 146 Å². The maximum atomic E-state index is 11.8. The molecule has 1 fully saturated rings. The minimum atomic E-state index is -1.20. The van der Waals surface area contributed by atoms with E-state index in [2.05, 4.69) is 15.0 Å². The molecule has 2 aromatic heterocycles. The predicted molar refractivity (Wildman–Crippen MR) is 81.5 cm³/mol. The molecule has 0 aliphatic carbocycles. The van der Waals surface area contributed by atoms with Gasteiger partial charge in [-0.25, -0.2) is 15.0 Å². The fraction of sp³-hybridized carbons (Fsp3) is 0.571. The van der Waals surface area contributed by atoms with Crippen molar-refractivity contribution in [3.8, 4) is 0 Å². The summed E-state index contributed by atoms with van der Waals surface area (Å²) in [5.41, 5.74) is 6.49. The second-order valence-corrected chi connectivity index (χ2v) is 5.88. The van der Waals surface area contributed by atoms with Gasteiger partial charge in [-0.15, -0.1) is 0 Å². The number of nitrogens with zero attached hydrogens (tertiary/aromatic N) is 4. The van der Waals surface area contributed by atoms with Crippen LogP contribution in [0.25, 0.3) is 11.2 Å². The number of aromatic nitrogens is 4. The second-order valence-electron chi connectivity index (χ2n) is 5.88. The molecule has 2 aromatic rings. The number of imidazole rings is 1. The number of ether oxygens (including phenoxy) is 2. The van der Waals surface area contributed by atoms with Crippen molar-refractivity contribution in [3.63, 3.8) is 0 Å².